The summed E-state index contributed by atoms with van der Waals surface area (Å²) in [6.07, 6.45) is -5.56. The molecule has 1 aromatic heterocycles. The van der Waals surface area contributed by atoms with E-state index in [-0.39, 0.29) is 22.5 Å². The van der Waals surface area contributed by atoms with E-state index in [1.807, 2.05) is 0 Å². The summed E-state index contributed by atoms with van der Waals surface area (Å²) >= 11 is 0. The molecule has 0 aliphatic rings. The first kappa shape index (κ1) is 28.5. The molecule has 3 aromatic rings. The number of ether oxygens (including phenoxy) is 1. The Balaban J connectivity index is 1.82. The van der Waals surface area contributed by atoms with Crippen LogP contribution in [0.4, 0.5) is 17.6 Å². The molecule has 2 aromatic carbocycles. The number of rotatable bonds is 9. The Bertz CT molecular complexity index is 1510. The molecule has 0 aliphatic heterocycles. The summed E-state index contributed by atoms with van der Waals surface area (Å²) in [5.74, 6) is -1.44. The second-order valence-electron chi connectivity index (χ2n) is 7.81. The van der Waals surface area contributed by atoms with Crippen LogP contribution < -0.4 is 21.5 Å². The van der Waals surface area contributed by atoms with Crippen LogP contribution in [0.3, 0.4) is 0 Å². The zero-order chi connectivity index (χ0) is 28.3. The van der Waals surface area contributed by atoms with Crippen LogP contribution in [0.1, 0.15) is 12.1 Å². The molecule has 1 atom stereocenters. The van der Waals surface area contributed by atoms with Crippen molar-refractivity contribution in [3.63, 3.8) is 0 Å². The van der Waals surface area contributed by atoms with Crippen LogP contribution in [-0.4, -0.2) is 46.5 Å². The summed E-state index contributed by atoms with van der Waals surface area (Å²) in [4.78, 5) is 37.5. The van der Waals surface area contributed by atoms with Gasteiger partial charge in [0.2, 0.25) is 10.0 Å². The zero-order valence-corrected chi connectivity index (χ0v) is 20.2. The lowest BCUT2D eigenvalue weighted by Crippen LogP contribution is -2.48. The molecule has 0 saturated carbocycles. The van der Waals surface area contributed by atoms with E-state index < -0.39 is 63.9 Å². The molecule has 0 saturated heterocycles. The van der Waals surface area contributed by atoms with Gasteiger partial charge in [-0.15, -0.1) is 0 Å². The predicted molar refractivity (Wildman–Crippen MR) is 123 cm³/mol. The highest BCUT2D eigenvalue weighted by atomic mass is 32.2. The molecule has 0 bridgehead atoms. The van der Waals surface area contributed by atoms with Crippen molar-refractivity contribution in [1.82, 2.24) is 19.3 Å². The van der Waals surface area contributed by atoms with Gasteiger partial charge in [0.15, 0.2) is 0 Å². The van der Waals surface area contributed by atoms with Gasteiger partial charge in [0, 0.05) is 25.7 Å². The van der Waals surface area contributed by atoms with Gasteiger partial charge in [-0.25, -0.2) is 23.1 Å². The molecule has 11 nitrogen and oxygen atoms in total. The number of nitrogens with one attached hydrogen (secondary N) is 2. The second-order valence-corrected chi connectivity index (χ2v) is 9.81. The molecule has 3 N–H and O–H groups in total. The fourth-order valence-corrected chi connectivity index (χ4v) is 4.72. The first-order valence-electron chi connectivity index (χ1n) is 10.6. The fraction of sp³-hybridized carbons (Fsp3) is 0.227. The number of hydrogen-bond acceptors (Lipinski definition) is 7. The predicted octanol–water partition coefficient (Wildman–Crippen LogP) is 2.07. The molecule has 0 aliphatic carbocycles. The number of amides is 1. The number of benzene rings is 2. The third kappa shape index (κ3) is 6.45. The molecule has 204 valence electrons. The lowest BCUT2D eigenvalue weighted by molar-refractivity contribution is -0.141. The van der Waals surface area contributed by atoms with Crippen LogP contribution in [-0.2, 0) is 27.5 Å². The Morgan fingerprint density at radius 2 is 1.79 bits per heavy atom. The van der Waals surface area contributed by atoms with Crippen molar-refractivity contribution >= 4 is 15.9 Å². The monoisotopic (exact) mass is 560 g/mol. The molecular formula is C22H20F4N4O7S. The number of aromatic amines is 1. The minimum absolute atomic E-state index is 0.149. The van der Waals surface area contributed by atoms with E-state index in [2.05, 4.69) is 0 Å². The fourth-order valence-electron chi connectivity index (χ4n) is 3.37. The maximum atomic E-state index is 13.3. The molecule has 1 heterocycles. The second kappa shape index (κ2) is 11.2. The number of sulfonamides is 1. The van der Waals surface area contributed by atoms with Crippen LogP contribution in [0.15, 0.2) is 69.1 Å². The summed E-state index contributed by atoms with van der Waals surface area (Å²) in [5.41, 5.74) is -3.04. The van der Waals surface area contributed by atoms with Gasteiger partial charge in [0.25, 0.3) is 11.5 Å². The summed E-state index contributed by atoms with van der Waals surface area (Å²) < 4.78 is 84.3. The smallest absolute Gasteiger partial charge is 0.431 e. The van der Waals surface area contributed by atoms with E-state index >= 15 is 0 Å². The number of H-pyrrole nitrogens is 1. The highest BCUT2D eigenvalue weighted by Gasteiger charge is 2.35. The van der Waals surface area contributed by atoms with Crippen LogP contribution in [0, 0.1) is 5.82 Å². The molecular weight excluding hydrogens is 540 g/mol. The van der Waals surface area contributed by atoms with Crippen LogP contribution in [0.25, 0.3) is 0 Å². The largest absolute Gasteiger partial charge is 0.457 e. The molecule has 38 heavy (non-hydrogen) atoms. The molecule has 0 fully saturated rings. The third-order valence-corrected chi connectivity index (χ3v) is 7.22. The number of hydrogen-bond donors (Lipinski definition) is 3. The Hall–Kier alpha value is -4.02. The normalized spacial score (nSPS) is 12.8. The van der Waals surface area contributed by atoms with Gasteiger partial charge in [-0.1, -0.05) is 6.07 Å². The first-order valence-corrected chi connectivity index (χ1v) is 12.0. The molecule has 1 unspecified atom stereocenters. The maximum Gasteiger partial charge on any atom is 0.431 e. The number of halogens is 4. The van der Waals surface area contributed by atoms with Crippen molar-refractivity contribution in [3.05, 3.63) is 86.9 Å². The van der Waals surface area contributed by atoms with Gasteiger partial charge in [-0.05, 0) is 42.8 Å². The summed E-state index contributed by atoms with van der Waals surface area (Å²) in [5, 5.41) is 9.09. The number of alkyl halides is 3. The molecule has 0 spiro atoms. The SMILES string of the molecule is CN(C(CCn1c(=O)cc(C(F)(F)F)[nH]c1=O)C(=O)NO)S(=O)(=O)c1ccc(Oc2cccc(F)c2)cc1. The molecule has 16 heteroatoms. The standard InChI is InChI=1S/C22H20F4N4O7S/c1-29(38(35,36)16-7-5-14(6-8-16)37-15-4-2-3-13(23)11-15)17(20(32)28-34)9-10-30-19(31)12-18(22(24,25)26)27-21(30)33/h2-8,11-12,17,34H,9-10H2,1H3,(H,27,33)(H,28,32). The molecule has 0 radical (unpaired) electrons. The lowest BCUT2D eigenvalue weighted by atomic mass is 10.2. The van der Waals surface area contributed by atoms with Gasteiger partial charge >= 0.3 is 11.9 Å². The van der Waals surface area contributed by atoms with Crippen LogP contribution in [0.2, 0.25) is 0 Å². The van der Waals surface area contributed by atoms with Crippen molar-refractivity contribution in [2.24, 2.45) is 0 Å². The summed E-state index contributed by atoms with van der Waals surface area (Å²) in [6.45, 7) is -0.662. The van der Waals surface area contributed by atoms with Gasteiger partial charge in [-0.2, -0.15) is 17.5 Å². The van der Waals surface area contributed by atoms with Crippen LogP contribution >= 0.6 is 0 Å². The van der Waals surface area contributed by atoms with Crippen LogP contribution in [0.5, 0.6) is 11.5 Å². The zero-order valence-electron chi connectivity index (χ0n) is 19.4. The van der Waals surface area contributed by atoms with E-state index in [1.165, 1.54) is 40.8 Å². The van der Waals surface area contributed by atoms with Crippen molar-refractivity contribution in [2.45, 2.75) is 30.1 Å². The lowest BCUT2D eigenvalue weighted by Gasteiger charge is -2.26. The number of hydroxylamine groups is 1. The van der Waals surface area contributed by atoms with Gasteiger partial charge in [-0.3, -0.25) is 19.4 Å². The molecule has 3 rings (SSSR count). The van der Waals surface area contributed by atoms with Gasteiger partial charge in [0.1, 0.15) is 29.1 Å². The number of carbonyl (C=O) groups is 1. The minimum atomic E-state index is -4.98. The topological polar surface area (TPSA) is 151 Å². The quantitative estimate of drug-likeness (QED) is 0.206. The third-order valence-electron chi connectivity index (χ3n) is 5.34. The molecule has 1 amide bonds. The maximum absolute atomic E-state index is 13.3. The van der Waals surface area contributed by atoms with Crippen molar-refractivity contribution in [1.29, 1.82) is 0 Å². The number of carbonyl (C=O) groups excluding carboxylic acids is 1. The Morgan fingerprint density at radius 3 is 2.34 bits per heavy atom. The first-order chi connectivity index (χ1) is 17.7. The highest BCUT2D eigenvalue weighted by molar-refractivity contribution is 7.89. The number of likely N-dealkylation sites (N-methyl/N-ethyl adjacent to an activating group) is 1. The van der Waals surface area contributed by atoms with Crippen molar-refractivity contribution in [3.8, 4) is 11.5 Å². The van der Waals surface area contributed by atoms with Gasteiger partial charge < -0.3 is 9.72 Å². The van der Waals surface area contributed by atoms with E-state index in [9.17, 15) is 40.4 Å². The highest BCUT2D eigenvalue weighted by Crippen LogP contribution is 2.26. The van der Waals surface area contributed by atoms with E-state index in [1.54, 1.807) is 0 Å². The average molecular weight is 560 g/mol. The minimum Gasteiger partial charge on any atom is -0.457 e. The van der Waals surface area contributed by atoms with Gasteiger partial charge in [0.05, 0.1) is 4.90 Å². The number of nitrogens with zero attached hydrogens (tertiary/aromatic N) is 2. The Morgan fingerprint density at radius 1 is 1.13 bits per heavy atom. The van der Waals surface area contributed by atoms with E-state index in [4.69, 9.17) is 9.94 Å². The Kier molecular flexibility index (Phi) is 8.38. The summed E-state index contributed by atoms with van der Waals surface area (Å²) in [7, 11) is -3.42. The summed E-state index contributed by atoms with van der Waals surface area (Å²) in [6, 6.07) is 8.51. The van der Waals surface area contributed by atoms with E-state index in [0.717, 1.165) is 25.2 Å². The van der Waals surface area contributed by atoms with Crippen molar-refractivity contribution in [2.75, 3.05) is 7.05 Å². The van der Waals surface area contributed by atoms with E-state index in [0.29, 0.717) is 8.87 Å². The number of aromatic nitrogens is 2. The van der Waals surface area contributed by atoms with Crippen molar-refractivity contribution < 1.29 is 40.7 Å². The Labute approximate surface area is 211 Å². The average Bonchev–Trinajstić information content (AvgIpc) is 2.84.